The number of aromatic nitrogens is 1. The molecule has 1 aliphatic heterocycles. The van der Waals surface area contributed by atoms with Gasteiger partial charge in [-0.3, -0.25) is 14.9 Å². The molecule has 1 saturated heterocycles. The molecule has 128 valence electrons. The number of nitrogens with zero attached hydrogens (tertiary/aromatic N) is 2. The molecule has 2 fully saturated rings. The highest BCUT2D eigenvalue weighted by Gasteiger charge is 2.51. The minimum atomic E-state index is -0.937. The van der Waals surface area contributed by atoms with E-state index in [1.807, 2.05) is 0 Å². The summed E-state index contributed by atoms with van der Waals surface area (Å²) >= 11 is 0. The van der Waals surface area contributed by atoms with E-state index in [0.717, 1.165) is 19.3 Å². The maximum absolute atomic E-state index is 12.8. The highest BCUT2D eigenvalue weighted by molar-refractivity contribution is 6.08. The highest BCUT2D eigenvalue weighted by Crippen LogP contribution is 2.36. The van der Waals surface area contributed by atoms with E-state index < -0.39 is 17.5 Å². The smallest absolute Gasteiger partial charge is 0.323 e. The van der Waals surface area contributed by atoms with Crippen molar-refractivity contribution in [2.24, 2.45) is 0 Å². The standard InChI is InChI=1S/C16H20N4O4/c1-24-13-9-11(5-8-17-13)18-15(23)20-10-12(21)19-14(22)16(20)6-3-2-4-7-16/h5,8-9H,2-4,6-7,10H2,1H3,(H,17,18,23)(H,19,21,22). The molecule has 2 heterocycles. The van der Waals surface area contributed by atoms with Gasteiger partial charge in [0.05, 0.1) is 7.11 Å². The van der Waals surface area contributed by atoms with Gasteiger partial charge in [-0.25, -0.2) is 9.78 Å². The number of nitrogens with one attached hydrogen (secondary N) is 2. The Morgan fingerprint density at radius 1 is 1.33 bits per heavy atom. The number of methoxy groups -OCH3 is 1. The Morgan fingerprint density at radius 3 is 2.79 bits per heavy atom. The zero-order valence-electron chi connectivity index (χ0n) is 13.5. The lowest BCUT2D eigenvalue weighted by atomic mass is 9.78. The predicted molar refractivity (Wildman–Crippen MR) is 85.5 cm³/mol. The van der Waals surface area contributed by atoms with E-state index in [1.165, 1.54) is 18.2 Å². The van der Waals surface area contributed by atoms with Crippen LogP contribution < -0.4 is 15.4 Å². The van der Waals surface area contributed by atoms with Gasteiger partial charge in [0.15, 0.2) is 0 Å². The van der Waals surface area contributed by atoms with Gasteiger partial charge >= 0.3 is 6.03 Å². The molecule has 2 N–H and O–H groups in total. The number of rotatable bonds is 2. The first-order valence-electron chi connectivity index (χ1n) is 7.98. The number of amides is 4. The second kappa shape index (κ2) is 6.46. The van der Waals surface area contributed by atoms with Crippen molar-refractivity contribution < 1.29 is 19.1 Å². The molecule has 0 atom stereocenters. The number of ether oxygens (including phenoxy) is 1. The van der Waals surface area contributed by atoms with Crippen LogP contribution in [0.1, 0.15) is 32.1 Å². The monoisotopic (exact) mass is 332 g/mol. The lowest BCUT2D eigenvalue weighted by Gasteiger charge is -2.46. The summed E-state index contributed by atoms with van der Waals surface area (Å²) in [5.41, 5.74) is -0.441. The third-order valence-electron chi connectivity index (χ3n) is 4.62. The van der Waals surface area contributed by atoms with E-state index >= 15 is 0 Å². The number of piperazine rings is 1. The van der Waals surface area contributed by atoms with Crippen LogP contribution in [-0.2, 0) is 9.59 Å². The SMILES string of the molecule is COc1cc(NC(=O)N2CC(=O)NC(=O)C23CCCCC3)ccn1. The molecule has 4 amide bonds. The lowest BCUT2D eigenvalue weighted by molar-refractivity contribution is -0.146. The number of carbonyl (C=O) groups is 3. The van der Waals surface area contributed by atoms with Gasteiger partial charge < -0.3 is 15.0 Å². The predicted octanol–water partition coefficient (Wildman–Crippen LogP) is 1.28. The summed E-state index contributed by atoms with van der Waals surface area (Å²) in [6.45, 7) is -0.125. The van der Waals surface area contributed by atoms with E-state index in [9.17, 15) is 14.4 Å². The van der Waals surface area contributed by atoms with E-state index in [2.05, 4.69) is 15.6 Å². The van der Waals surface area contributed by atoms with Gasteiger partial charge in [0, 0.05) is 18.0 Å². The van der Waals surface area contributed by atoms with Crippen LogP contribution in [0.2, 0.25) is 0 Å². The molecule has 1 aromatic heterocycles. The van der Waals surface area contributed by atoms with Crippen LogP contribution in [0.3, 0.4) is 0 Å². The molecule has 1 saturated carbocycles. The van der Waals surface area contributed by atoms with E-state index in [-0.39, 0.29) is 12.5 Å². The number of hydrogen-bond donors (Lipinski definition) is 2. The molecule has 8 nitrogen and oxygen atoms in total. The van der Waals surface area contributed by atoms with Crippen molar-refractivity contribution in [1.29, 1.82) is 0 Å². The summed E-state index contributed by atoms with van der Waals surface area (Å²) in [6, 6.07) is 2.74. The molecular formula is C16H20N4O4. The Labute approximate surface area is 139 Å². The van der Waals surface area contributed by atoms with Crippen LogP contribution in [0.4, 0.5) is 10.5 Å². The van der Waals surface area contributed by atoms with Crippen molar-refractivity contribution in [3.05, 3.63) is 18.3 Å². The second-order valence-corrected chi connectivity index (χ2v) is 6.07. The quantitative estimate of drug-likeness (QED) is 0.795. The number of urea groups is 1. The highest BCUT2D eigenvalue weighted by atomic mass is 16.5. The maximum atomic E-state index is 12.8. The molecular weight excluding hydrogens is 312 g/mol. The Morgan fingerprint density at radius 2 is 2.08 bits per heavy atom. The largest absolute Gasteiger partial charge is 0.481 e. The Hall–Kier alpha value is -2.64. The molecule has 0 unspecified atom stereocenters. The third-order valence-corrected chi connectivity index (χ3v) is 4.62. The van der Waals surface area contributed by atoms with E-state index in [4.69, 9.17) is 4.74 Å². The molecule has 24 heavy (non-hydrogen) atoms. The molecule has 3 rings (SSSR count). The second-order valence-electron chi connectivity index (χ2n) is 6.07. The molecule has 0 aromatic carbocycles. The number of imide groups is 1. The Bertz CT molecular complexity index is 670. The Kier molecular flexibility index (Phi) is 4.37. The molecule has 0 radical (unpaired) electrons. The summed E-state index contributed by atoms with van der Waals surface area (Å²) in [7, 11) is 1.48. The fourth-order valence-corrected chi connectivity index (χ4v) is 3.39. The zero-order chi connectivity index (χ0) is 17.2. The number of pyridine rings is 1. The molecule has 1 spiro atoms. The van der Waals surface area contributed by atoms with Gasteiger partial charge in [-0.1, -0.05) is 19.3 Å². The summed E-state index contributed by atoms with van der Waals surface area (Å²) in [6.07, 6.45) is 5.39. The van der Waals surface area contributed by atoms with Crippen LogP contribution in [-0.4, -0.2) is 46.9 Å². The van der Waals surface area contributed by atoms with Crippen molar-refractivity contribution in [1.82, 2.24) is 15.2 Å². The van der Waals surface area contributed by atoms with Gasteiger partial charge in [0.1, 0.15) is 12.1 Å². The van der Waals surface area contributed by atoms with Crippen molar-refractivity contribution >= 4 is 23.5 Å². The average molecular weight is 332 g/mol. The van der Waals surface area contributed by atoms with Crippen LogP contribution in [0.25, 0.3) is 0 Å². The van der Waals surface area contributed by atoms with Crippen molar-refractivity contribution in [2.75, 3.05) is 19.0 Å². The normalized spacial score (nSPS) is 19.8. The maximum Gasteiger partial charge on any atom is 0.323 e. The van der Waals surface area contributed by atoms with Crippen molar-refractivity contribution in [3.8, 4) is 5.88 Å². The number of carbonyl (C=O) groups excluding carboxylic acids is 3. The van der Waals surface area contributed by atoms with Gasteiger partial charge in [-0.2, -0.15) is 0 Å². The third kappa shape index (κ3) is 2.91. The first kappa shape index (κ1) is 16.2. The molecule has 0 bridgehead atoms. The van der Waals surface area contributed by atoms with Crippen molar-refractivity contribution in [2.45, 2.75) is 37.6 Å². The van der Waals surface area contributed by atoms with Gasteiger partial charge in [-0.05, 0) is 18.9 Å². The molecule has 1 aliphatic carbocycles. The Balaban J connectivity index is 1.84. The van der Waals surface area contributed by atoms with Crippen LogP contribution >= 0.6 is 0 Å². The van der Waals surface area contributed by atoms with Gasteiger partial charge in [-0.15, -0.1) is 0 Å². The first-order valence-corrected chi connectivity index (χ1v) is 7.98. The fraction of sp³-hybridized carbons (Fsp3) is 0.500. The molecule has 1 aromatic rings. The van der Waals surface area contributed by atoms with Gasteiger partial charge in [0.25, 0.3) is 5.91 Å². The summed E-state index contributed by atoms with van der Waals surface area (Å²) in [5.74, 6) is -0.466. The van der Waals surface area contributed by atoms with E-state index in [0.29, 0.717) is 24.4 Å². The summed E-state index contributed by atoms with van der Waals surface area (Å²) in [4.78, 5) is 42.4. The van der Waals surface area contributed by atoms with Crippen LogP contribution in [0.5, 0.6) is 5.88 Å². The lowest BCUT2D eigenvalue weighted by Crippen LogP contribution is -2.69. The van der Waals surface area contributed by atoms with Crippen molar-refractivity contribution in [3.63, 3.8) is 0 Å². The minimum Gasteiger partial charge on any atom is -0.481 e. The first-order chi connectivity index (χ1) is 11.5. The van der Waals surface area contributed by atoms with E-state index in [1.54, 1.807) is 12.1 Å². The summed E-state index contributed by atoms with van der Waals surface area (Å²) in [5, 5.41) is 5.11. The number of hydrogen-bond acceptors (Lipinski definition) is 5. The zero-order valence-corrected chi connectivity index (χ0v) is 13.5. The minimum absolute atomic E-state index is 0.125. The average Bonchev–Trinajstić information content (AvgIpc) is 2.59. The molecule has 8 heteroatoms. The topological polar surface area (TPSA) is 101 Å². The summed E-state index contributed by atoms with van der Waals surface area (Å²) < 4.78 is 5.03. The van der Waals surface area contributed by atoms with Gasteiger partial charge in [0.2, 0.25) is 11.8 Å². The molecule has 2 aliphatic rings. The number of anilines is 1. The fourth-order valence-electron chi connectivity index (χ4n) is 3.39. The van der Waals surface area contributed by atoms with Crippen LogP contribution in [0.15, 0.2) is 18.3 Å². The van der Waals surface area contributed by atoms with Crippen LogP contribution in [0, 0.1) is 0 Å².